The Labute approximate surface area is 117 Å². The largest absolute Gasteiger partial charge is 0.478 e. The molecule has 1 aliphatic heterocycles. The predicted molar refractivity (Wildman–Crippen MR) is 66.0 cm³/mol. The zero-order valence-corrected chi connectivity index (χ0v) is 10.7. The molecule has 0 saturated carbocycles. The molecule has 21 heavy (non-hydrogen) atoms. The van der Waals surface area contributed by atoms with Gasteiger partial charge in [-0.15, -0.1) is 0 Å². The van der Waals surface area contributed by atoms with E-state index in [1.165, 1.54) is 0 Å². The molecule has 2 rings (SSSR count). The van der Waals surface area contributed by atoms with Crippen molar-refractivity contribution in [2.24, 2.45) is 0 Å². The highest BCUT2D eigenvalue weighted by atomic mass is 19.4. The number of nitrogens with one attached hydrogen (secondary N) is 1. The summed E-state index contributed by atoms with van der Waals surface area (Å²) in [4.78, 5) is 22.7. The fourth-order valence-corrected chi connectivity index (χ4v) is 1.99. The van der Waals surface area contributed by atoms with Gasteiger partial charge in [0.2, 0.25) is 0 Å². The van der Waals surface area contributed by atoms with Crippen LogP contribution in [-0.4, -0.2) is 29.7 Å². The van der Waals surface area contributed by atoms with Gasteiger partial charge in [0.25, 0.3) is 5.91 Å². The summed E-state index contributed by atoms with van der Waals surface area (Å²) in [5.74, 6) is -2.09. The molecule has 8 heteroatoms. The summed E-state index contributed by atoms with van der Waals surface area (Å²) in [6, 6.07) is 2.19. The molecule has 0 radical (unpaired) electrons. The highest BCUT2D eigenvalue weighted by Gasteiger charge is 2.32. The van der Waals surface area contributed by atoms with E-state index in [4.69, 9.17) is 9.84 Å². The molecular formula is C13H12F3NO4. The van der Waals surface area contributed by atoms with E-state index in [0.717, 1.165) is 6.07 Å². The summed E-state index contributed by atoms with van der Waals surface area (Å²) in [7, 11) is 0. The molecular weight excluding hydrogens is 291 g/mol. The summed E-state index contributed by atoms with van der Waals surface area (Å²) in [5, 5.41) is 11.1. The molecule has 1 aromatic carbocycles. The Morgan fingerprint density at radius 3 is 2.52 bits per heavy atom. The first-order valence-electron chi connectivity index (χ1n) is 6.15. The standard InChI is InChI=1S/C13H12F3NO4/c14-13(15,16)8-4-7(12(19)20)5-9(6-8)17-11(18)10-2-1-3-21-10/h4-6,10H,1-3H2,(H,17,18)(H,19,20). The smallest absolute Gasteiger partial charge is 0.416 e. The Bertz CT molecular complexity index is 565. The van der Waals surface area contributed by atoms with Crippen molar-refractivity contribution in [2.75, 3.05) is 11.9 Å². The van der Waals surface area contributed by atoms with Gasteiger partial charge in [-0.2, -0.15) is 13.2 Å². The molecule has 1 aliphatic rings. The third-order valence-corrected chi connectivity index (χ3v) is 3.00. The number of anilines is 1. The van der Waals surface area contributed by atoms with Crippen molar-refractivity contribution < 1.29 is 32.6 Å². The van der Waals surface area contributed by atoms with E-state index in [-0.39, 0.29) is 5.69 Å². The van der Waals surface area contributed by atoms with Crippen molar-refractivity contribution in [2.45, 2.75) is 25.1 Å². The van der Waals surface area contributed by atoms with E-state index in [0.29, 0.717) is 31.6 Å². The van der Waals surface area contributed by atoms with Gasteiger partial charge in [0.1, 0.15) is 6.10 Å². The lowest BCUT2D eigenvalue weighted by Gasteiger charge is -2.13. The lowest BCUT2D eigenvalue weighted by Crippen LogP contribution is -2.27. The van der Waals surface area contributed by atoms with Gasteiger partial charge >= 0.3 is 12.1 Å². The van der Waals surface area contributed by atoms with Crippen molar-refractivity contribution in [3.05, 3.63) is 29.3 Å². The van der Waals surface area contributed by atoms with Crippen LogP contribution in [0.2, 0.25) is 0 Å². The third-order valence-electron chi connectivity index (χ3n) is 3.00. The summed E-state index contributed by atoms with van der Waals surface area (Å²) in [6.45, 7) is 0.418. The van der Waals surface area contributed by atoms with Crippen LogP contribution in [0.15, 0.2) is 18.2 Å². The average Bonchev–Trinajstić information content (AvgIpc) is 2.91. The van der Waals surface area contributed by atoms with Crippen molar-refractivity contribution in [3.8, 4) is 0 Å². The first-order valence-corrected chi connectivity index (χ1v) is 6.15. The predicted octanol–water partition coefficient (Wildman–Crippen LogP) is 2.52. The molecule has 1 aromatic rings. The number of ether oxygens (including phenoxy) is 1. The van der Waals surface area contributed by atoms with Crippen LogP contribution < -0.4 is 5.32 Å². The zero-order valence-electron chi connectivity index (χ0n) is 10.7. The maximum atomic E-state index is 12.7. The molecule has 1 heterocycles. The first kappa shape index (κ1) is 15.3. The lowest BCUT2D eigenvalue weighted by atomic mass is 10.1. The zero-order chi connectivity index (χ0) is 15.6. The highest BCUT2D eigenvalue weighted by molar-refractivity contribution is 5.96. The quantitative estimate of drug-likeness (QED) is 0.899. The number of halogens is 3. The van der Waals surface area contributed by atoms with E-state index in [1.807, 2.05) is 0 Å². The van der Waals surface area contributed by atoms with Crippen LogP contribution in [0.4, 0.5) is 18.9 Å². The first-order chi connectivity index (χ1) is 9.77. The normalized spacial score (nSPS) is 18.5. The van der Waals surface area contributed by atoms with Gasteiger partial charge in [-0.1, -0.05) is 0 Å². The van der Waals surface area contributed by atoms with Crippen LogP contribution in [0.1, 0.15) is 28.8 Å². The number of rotatable bonds is 3. The SMILES string of the molecule is O=C(O)c1cc(NC(=O)C2CCCO2)cc(C(F)(F)F)c1. The average molecular weight is 303 g/mol. The molecule has 5 nitrogen and oxygen atoms in total. The van der Waals surface area contributed by atoms with E-state index < -0.39 is 35.3 Å². The number of carbonyl (C=O) groups excluding carboxylic acids is 1. The van der Waals surface area contributed by atoms with E-state index >= 15 is 0 Å². The number of alkyl halides is 3. The van der Waals surface area contributed by atoms with Crippen LogP contribution in [0.25, 0.3) is 0 Å². The number of aromatic carboxylic acids is 1. The molecule has 0 bridgehead atoms. The maximum Gasteiger partial charge on any atom is 0.416 e. The van der Waals surface area contributed by atoms with Gasteiger partial charge < -0.3 is 15.2 Å². The lowest BCUT2D eigenvalue weighted by molar-refractivity contribution is -0.137. The highest BCUT2D eigenvalue weighted by Crippen LogP contribution is 2.32. The second kappa shape index (κ2) is 5.72. The van der Waals surface area contributed by atoms with Gasteiger partial charge in [0.05, 0.1) is 11.1 Å². The minimum absolute atomic E-state index is 0.220. The molecule has 1 unspecified atom stereocenters. The van der Waals surface area contributed by atoms with Crippen LogP contribution >= 0.6 is 0 Å². The van der Waals surface area contributed by atoms with Gasteiger partial charge in [-0.25, -0.2) is 4.79 Å². The Morgan fingerprint density at radius 1 is 1.29 bits per heavy atom. The number of hydrogen-bond acceptors (Lipinski definition) is 3. The van der Waals surface area contributed by atoms with E-state index in [9.17, 15) is 22.8 Å². The van der Waals surface area contributed by atoms with Crippen molar-refractivity contribution >= 4 is 17.6 Å². The third kappa shape index (κ3) is 3.72. The molecule has 0 aromatic heterocycles. The van der Waals surface area contributed by atoms with Crippen LogP contribution in [0.3, 0.4) is 0 Å². The molecule has 114 valence electrons. The van der Waals surface area contributed by atoms with Crippen LogP contribution in [0, 0.1) is 0 Å². The summed E-state index contributed by atoms with van der Waals surface area (Å²) in [5.41, 5.74) is -1.90. The molecule has 1 fully saturated rings. The Balaban J connectivity index is 2.27. The summed E-state index contributed by atoms with van der Waals surface area (Å²) < 4.78 is 43.3. The van der Waals surface area contributed by atoms with Gasteiger partial charge in [0.15, 0.2) is 0 Å². The fourth-order valence-electron chi connectivity index (χ4n) is 1.99. The van der Waals surface area contributed by atoms with Crippen LogP contribution in [-0.2, 0) is 15.7 Å². The minimum atomic E-state index is -4.70. The van der Waals surface area contributed by atoms with E-state index in [1.54, 1.807) is 0 Å². The number of amides is 1. The monoisotopic (exact) mass is 303 g/mol. The van der Waals surface area contributed by atoms with Gasteiger partial charge in [0, 0.05) is 12.3 Å². The topological polar surface area (TPSA) is 75.6 Å². The minimum Gasteiger partial charge on any atom is -0.478 e. The number of carboxylic acid groups (broad SMARTS) is 1. The number of benzene rings is 1. The second-order valence-corrected chi connectivity index (χ2v) is 4.59. The Hall–Kier alpha value is -2.09. The molecule has 1 amide bonds. The summed E-state index contributed by atoms with van der Waals surface area (Å²) >= 11 is 0. The number of carbonyl (C=O) groups is 2. The van der Waals surface area contributed by atoms with Crippen molar-refractivity contribution in [1.82, 2.24) is 0 Å². The van der Waals surface area contributed by atoms with Gasteiger partial charge in [-0.05, 0) is 31.0 Å². The van der Waals surface area contributed by atoms with Gasteiger partial charge in [-0.3, -0.25) is 4.79 Å². The van der Waals surface area contributed by atoms with Crippen molar-refractivity contribution in [1.29, 1.82) is 0 Å². The maximum absolute atomic E-state index is 12.7. The molecule has 1 atom stereocenters. The fraction of sp³-hybridized carbons (Fsp3) is 0.385. The number of carboxylic acids is 1. The van der Waals surface area contributed by atoms with Crippen LogP contribution in [0.5, 0.6) is 0 Å². The second-order valence-electron chi connectivity index (χ2n) is 4.59. The molecule has 1 saturated heterocycles. The Kier molecular flexibility index (Phi) is 4.17. The number of hydrogen-bond donors (Lipinski definition) is 2. The molecule has 0 spiro atoms. The summed E-state index contributed by atoms with van der Waals surface area (Å²) in [6.07, 6.45) is -4.24. The Morgan fingerprint density at radius 2 is 2.00 bits per heavy atom. The molecule has 2 N–H and O–H groups in total. The van der Waals surface area contributed by atoms with Crippen molar-refractivity contribution in [3.63, 3.8) is 0 Å². The molecule has 0 aliphatic carbocycles. The van der Waals surface area contributed by atoms with E-state index in [2.05, 4.69) is 5.32 Å².